The summed E-state index contributed by atoms with van der Waals surface area (Å²) in [4.78, 5) is 12.4. The Kier molecular flexibility index (Phi) is 6.89. The number of hydrogen-bond acceptors (Lipinski definition) is 3. The van der Waals surface area contributed by atoms with E-state index in [0.29, 0.717) is 18.6 Å². The fourth-order valence-electron chi connectivity index (χ4n) is 4.73. The predicted octanol–water partition coefficient (Wildman–Crippen LogP) is 3.71. The van der Waals surface area contributed by atoms with Crippen LogP contribution < -0.4 is 0 Å². The molecule has 3 nitrogen and oxygen atoms in total. The van der Waals surface area contributed by atoms with Gasteiger partial charge in [0.1, 0.15) is 11.9 Å². The summed E-state index contributed by atoms with van der Waals surface area (Å²) in [6, 6.07) is 0. The maximum Gasteiger partial charge on any atom is 0.142 e. The van der Waals surface area contributed by atoms with Crippen LogP contribution >= 0.6 is 0 Å². The van der Waals surface area contributed by atoms with Crippen LogP contribution in [-0.4, -0.2) is 28.2 Å². The van der Waals surface area contributed by atoms with Gasteiger partial charge < -0.3 is 10.2 Å². The van der Waals surface area contributed by atoms with Crippen LogP contribution in [0.2, 0.25) is 0 Å². The molecule has 0 aromatic rings. The molecule has 0 aromatic heterocycles. The van der Waals surface area contributed by atoms with Crippen LogP contribution in [0.4, 0.5) is 0 Å². The average molecular weight is 335 g/mol. The molecule has 0 amide bonds. The lowest BCUT2D eigenvalue weighted by Crippen LogP contribution is -2.62. The highest BCUT2D eigenvalue weighted by Crippen LogP contribution is 2.59. The molecule has 0 spiro atoms. The van der Waals surface area contributed by atoms with Gasteiger partial charge in [-0.3, -0.25) is 4.79 Å². The molecular weight excluding hydrogens is 300 g/mol. The topological polar surface area (TPSA) is 57.5 Å². The summed E-state index contributed by atoms with van der Waals surface area (Å²) in [6.07, 6.45) is 7.71. The summed E-state index contributed by atoms with van der Waals surface area (Å²) in [6.45, 7) is 6.27. The molecule has 3 heteroatoms. The van der Waals surface area contributed by atoms with Gasteiger partial charge in [-0.1, -0.05) is 58.3 Å². The highest BCUT2D eigenvalue weighted by atomic mass is 16.3. The lowest BCUT2D eigenvalue weighted by Gasteiger charge is -2.57. The van der Waals surface area contributed by atoms with Crippen molar-refractivity contribution >= 4 is 5.78 Å². The van der Waals surface area contributed by atoms with Crippen molar-refractivity contribution in [3.63, 3.8) is 0 Å². The number of hydrogen-bond donors (Lipinski definition) is 2. The molecule has 2 fully saturated rings. The Balaban J connectivity index is 1.93. The predicted molar refractivity (Wildman–Crippen MR) is 96.3 cm³/mol. The first-order valence-electron chi connectivity index (χ1n) is 9.87. The van der Waals surface area contributed by atoms with Crippen molar-refractivity contribution in [3.8, 4) is 11.8 Å². The van der Waals surface area contributed by atoms with E-state index in [9.17, 15) is 15.0 Å². The molecule has 0 radical (unpaired) electrons. The third-order valence-corrected chi connectivity index (χ3v) is 6.27. The summed E-state index contributed by atoms with van der Waals surface area (Å²) >= 11 is 0. The average Bonchev–Trinajstić information content (AvgIpc) is 2.57. The molecule has 0 aromatic carbocycles. The van der Waals surface area contributed by atoms with Crippen LogP contribution in [0.15, 0.2) is 0 Å². The Labute approximate surface area is 147 Å². The molecule has 0 aliphatic heterocycles. The van der Waals surface area contributed by atoms with Gasteiger partial charge in [-0.2, -0.15) is 0 Å². The van der Waals surface area contributed by atoms with Gasteiger partial charge in [-0.05, 0) is 38.0 Å². The van der Waals surface area contributed by atoms with Crippen molar-refractivity contribution in [1.29, 1.82) is 0 Å². The maximum atomic E-state index is 12.4. The van der Waals surface area contributed by atoms with Gasteiger partial charge in [0, 0.05) is 11.3 Å². The Morgan fingerprint density at radius 1 is 1.25 bits per heavy atom. The van der Waals surface area contributed by atoms with Crippen LogP contribution in [0.5, 0.6) is 0 Å². The number of Topliss-reactive ketones (excluding diaryl/α,β-unsaturated/α-hetero) is 1. The van der Waals surface area contributed by atoms with Crippen LogP contribution in [0.3, 0.4) is 0 Å². The summed E-state index contributed by atoms with van der Waals surface area (Å²) in [5.41, 5.74) is -0.301. The van der Waals surface area contributed by atoms with Gasteiger partial charge in [0.2, 0.25) is 0 Å². The van der Waals surface area contributed by atoms with E-state index >= 15 is 0 Å². The normalized spacial score (nSPS) is 36.3. The molecule has 2 aliphatic carbocycles. The molecule has 6 atom stereocenters. The van der Waals surface area contributed by atoms with E-state index < -0.39 is 12.2 Å². The second-order valence-corrected chi connectivity index (χ2v) is 7.96. The first-order chi connectivity index (χ1) is 11.5. The number of carbonyl (C=O) groups is 1. The summed E-state index contributed by atoms with van der Waals surface area (Å²) in [5.74, 6) is 6.51. The molecule has 2 aliphatic rings. The van der Waals surface area contributed by atoms with Crippen molar-refractivity contribution in [2.75, 3.05) is 0 Å². The van der Waals surface area contributed by atoms with Gasteiger partial charge in [0.05, 0.1) is 12.0 Å². The van der Waals surface area contributed by atoms with E-state index in [-0.39, 0.29) is 23.2 Å². The molecule has 2 N–H and O–H groups in total. The standard InChI is InChI=1S/C21H34O3/c1-4-6-7-8-9-10-15(22)11-12-17-18(23)13-14-21(3)19(17)16(5-2)20(21)24/h15-19,22-23H,4-10,13-14H2,1-3H3/t15-,16?,17-,18+,19+,21-/m0/s1. The van der Waals surface area contributed by atoms with Gasteiger partial charge in [-0.15, -0.1) is 0 Å². The Bertz CT molecular complexity index is 489. The quantitative estimate of drug-likeness (QED) is 0.551. The van der Waals surface area contributed by atoms with Crippen molar-refractivity contribution in [1.82, 2.24) is 0 Å². The van der Waals surface area contributed by atoms with Gasteiger partial charge in [0.15, 0.2) is 0 Å². The summed E-state index contributed by atoms with van der Waals surface area (Å²) < 4.78 is 0. The zero-order chi connectivity index (χ0) is 17.7. The van der Waals surface area contributed by atoms with Gasteiger partial charge >= 0.3 is 0 Å². The zero-order valence-electron chi connectivity index (χ0n) is 15.6. The Morgan fingerprint density at radius 3 is 2.62 bits per heavy atom. The third-order valence-electron chi connectivity index (χ3n) is 6.27. The monoisotopic (exact) mass is 334 g/mol. The number of fused-ring (bicyclic) bond motifs is 1. The molecule has 2 rings (SSSR count). The highest BCUT2D eigenvalue weighted by molar-refractivity contribution is 5.94. The number of aliphatic hydroxyl groups is 2. The largest absolute Gasteiger partial charge is 0.392 e. The lowest BCUT2D eigenvalue weighted by atomic mass is 9.44. The fraction of sp³-hybridized carbons (Fsp3) is 0.857. The van der Waals surface area contributed by atoms with Gasteiger partial charge in [0.25, 0.3) is 0 Å². The molecule has 1 unspecified atom stereocenters. The minimum absolute atomic E-state index is 0.0374. The first-order valence-corrected chi connectivity index (χ1v) is 9.87. The minimum Gasteiger partial charge on any atom is -0.392 e. The van der Waals surface area contributed by atoms with Crippen molar-refractivity contribution < 1.29 is 15.0 Å². The summed E-state index contributed by atoms with van der Waals surface area (Å²) in [5, 5.41) is 20.5. The molecule has 0 bridgehead atoms. The third kappa shape index (κ3) is 3.86. The number of rotatable bonds is 7. The number of carbonyl (C=O) groups excluding carboxylic acids is 1. The van der Waals surface area contributed by atoms with E-state index in [1.807, 2.05) is 13.8 Å². The number of ketones is 1. The van der Waals surface area contributed by atoms with Crippen LogP contribution in [0.1, 0.15) is 78.6 Å². The molecule has 0 heterocycles. The van der Waals surface area contributed by atoms with E-state index in [2.05, 4.69) is 18.8 Å². The molecule has 24 heavy (non-hydrogen) atoms. The first kappa shape index (κ1) is 19.5. The lowest BCUT2D eigenvalue weighted by molar-refractivity contribution is -0.171. The minimum atomic E-state index is -0.608. The smallest absolute Gasteiger partial charge is 0.142 e. The molecule has 2 saturated carbocycles. The van der Waals surface area contributed by atoms with E-state index in [0.717, 1.165) is 25.7 Å². The van der Waals surface area contributed by atoms with E-state index in [1.165, 1.54) is 19.3 Å². The second kappa shape index (κ2) is 8.50. The number of unbranched alkanes of at least 4 members (excludes halogenated alkanes) is 4. The number of aliphatic hydroxyl groups excluding tert-OH is 2. The van der Waals surface area contributed by atoms with Crippen molar-refractivity contribution in [2.24, 2.45) is 23.2 Å². The zero-order valence-corrected chi connectivity index (χ0v) is 15.6. The SMILES string of the molecule is CCCCCCC[C@H](O)C#C[C@H]1[C@H](O)CC[C@]2(C)C(=O)C(CC)[C@H]12. The molecule has 136 valence electrons. The highest BCUT2D eigenvalue weighted by Gasteiger charge is 2.63. The molecule has 0 saturated heterocycles. The Hall–Kier alpha value is -0.850. The fourth-order valence-corrected chi connectivity index (χ4v) is 4.73. The van der Waals surface area contributed by atoms with Crippen LogP contribution in [0, 0.1) is 35.0 Å². The molecular formula is C21H34O3. The summed E-state index contributed by atoms with van der Waals surface area (Å²) in [7, 11) is 0. The maximum absolute atomic E-state index is 12.4. The van der Waals surface area contributed by atoms with Crippen LogP contribution in [-0.2, 0) is 4.79 Å². The van der Waals surface area contributed by atoms with E-state index in [4.69, 9.17) is 0 Å². The van der Waals surface area contributed by atoms with Crippen molar-refractivity contribution in [2.45, 2.75) is 90.8 Å². The van der Waals surface area contributed by atoms with Gasteiger partial charge in [-0.25, -0.2) is 0 Å². The van der Waals surface area contributed by atoms with E-state index in [1.54, 1.807) is 0 Å². The Morgan fingerprint density at radius 2 is 1.96 bits per heavy atom. The van der Waals surface area contributed by atoms with Crippen LogP contribution in [0.25, 0.3) is 0 Å². The van der Waals surface area contributed by atoms with Crippen molar-refractivity contribution in [3.05, 3.63) is 0 Å². The second-order valence-electron chi connectivity index (χ2n) is 7.96.